The van der Waals surface area contributed by atoms with Gasteiger partial charge in [-0.1, -0.05) is 156 Å². The van der Waals surface area contributed by atoms with Gasteiger partial charge in [-0.2, -0.15) is 0 Å². The van der Waals surface area contributed by atoms with E-state index in [1.807, 2.05) is 0 Å². The van der Waals surface area contributed by atoms with Crippen molar-refractivity contribution in [1.82, 2.24) is 0 Å². The van der Waals surface area contributed by atoms with Crippen LogP contribution in [0.15, 0.2) is 0 Å². The molecule has 0 radical (unpaired) electrons. The predicted molar refractivity (Wildman–Crippen MR) is 222 cm³/mol. The van der Waals surface area contributed by atoms with Gasteiger partial charge in [0.1, 0.15) is 6.10 Å². The van der Waals surface area contributed by atoms with Crippen LogP contribution in [0, 0.1) is 0 Å². The van der Waals surface area contributed by atoms with Crippen LogP contribution in [0.4, 0.5) is 0 Å². The number of hydrogen-bond acceptors (Lipinski definition) is 9. The topological polar surface area (TPSA) is 150 Å². The quantitative estimate of drug-likeness (QED) is 0.0398. The molecule has 0 amide bonds. The number of ether oxygens (including phenoxy) is 4. The maximum atomic E-state index is 13.1. The molecular formula is C41H86O11P2. The molecule has 0 spiro atoms. The van der Waals surface area contributed by atoms with E-state index < -0.39 is 21.3 Å². The Labute approximate surface area is 331 Å². The molecule has 0 aromatic rings. The second-order valence-electron chi connectivity index (χ2n) is 14.9. The fourth-order valence-electron chi connectivity index (χ4n) is 6.43. The van der Waals surface area contributed by atoms with Crippen molar-refractivity contribution in [2.45, 2.75) is 199 Å². The van der Waals surface area contributed by atoms with Crippen LogP contribution in [-0.2, 0) is 37.1 Å². The summed E-state index contributed by atoms with van der Waals surface area (Å²) in [7, 11) is -7.56. The SMILES string of the molecule is CCCCCCCC(CCCCCCC)P(=O)(O)OCCOCCOCCOCCOCC(O)COP(=O)(O)C(CCCCCCC)CCCCCCC. The van der Waals surface area contributed by atoms with Crippen LogP contribution in [0.2, 0.25) is 0 Å². The molecule has 0 aliphatic rings. The molecule has 3 atom stereocenters. The fourth-order valence-corrected chi connectivity index (χ4v) is 9.61. The van der Waals surface area contributed by atoms with Crippen LogP contribution in [0.3, 0.4) is 0 Å². The van der Waals surface area contributed by atoms with Crippen molar-refractivity contribution in [1.29, 1.82) is 0 Å². The largest absolute Gasteiger partial charge is 0.388 e. The van der Waals surface area contributed by atoms with Gasteiger partial charge in [-0.15, -0.1) is 0 Å². The molecule has 3 unspecified atom stereocenters. The monoisotopic (exact) mass is 817 g/mol. The standard InChI is InChI=1S/C41H86O11P2/c1-5-9-13-17-21-25-40(26-22-18-14-10-6-2)53(43,44)51-36-35-49-32-31-47-29-30-48-33-34-50-37-39(42)38-52-54(45,46)41(27-23-19-15-11-7-3)28-24-20-16-12-8-4/h39-42H,5-38H2,1-4H3,(H,43,44)(H,45,46). The van der Waals surface area contributed by atoms with Crippen molar-refractivity contribution in [2.75, 3.05) is 66.1 Å². The minimum absolute atomic E-state index is 0.00982. The van der Waals surface area contributed by atoms with Crippen LogP contribution < -0.4 is 0 Å². The van der Waals surface area contributed by atoms with Gasteiger partial charge in [-0.3, -0.25) is 9.13 Å². The minimum atomic E-state index is -3.85. The minimum Gasteiger partial charge on any atom is -0.388 e. The third-order valence-corrected chi connectivity index (χ3v) is 13.8. The lowest BCUT2D eigenvalue weighted by atomic mass is 10.0. The number of hydrogen-bond donors (Lipinski definition) is 3. The average molecular weight is 817 g/mol. The third kappa shape index (κ3) is 33.1. The van der Waals surface area contributed by atoms with Gasteiger partial charge in [0.05, 0.1) is 77.4 Å². The zero-order chi connectivity index (χ0) is 40.0. The van der Waals surface area contributed by atoms with Gasteiger partial charge >= 0.3 is 15.2 Å². The Kier molecular flexibility index (Phi) is 38.7. The molecule has 0 bridgehead atoms. The van der Waals surface area contributed by atoms with Gasteiger partial charge in [0.2, 0.25) is 0 Å². The van der Waals surface area contributed by atoms with E-state index in [1.54, 1.807) is 0 Å². The van der Waals surface area contributed by atoms with E-state index >= 15 is 0 Å². The number of aliphatic hydroxyl groups excluding tert-OH is 1. The molecule has 326 valence electrons. The zero-order valence-electron chi connectivity index (χ0n) is 35.3. The van der Waals surface area contributed by atoms with Gasteiger partial charge in [-0.05, 0) is 25.7 Å². The van der Waals surface area contributed by atoms with E-state index in [4.69, 9.17) is 28.0 Å². The van der Waals surface area contributed by atoms with Crippen LogP contribution in [0.25, 0.3) is 0 Å². The molecule has 0 heterocycles. The molecule has 0 saturated carbocycles. The smallest absolute Gasteiger partial charge is 0.331 e. The van der Waals surface area contributed by atoms with Crippen molar-refractivity contribution in [2.24, 2.45) is 0 Å². The fraction of sp³-hybridized carbons (Fsp3) is 1.00. The summed E-state index contributed by atoms with van der Waals surface area (Å²) in [5.74, 6) is 0. The maximum absolute atomic E-state index is 13.1. The molecule has 0 aliphatic heterocycles. The van der Waals surface area contributed by atoms with Crippen molar-refractivity contribution in [3.8, 4) is 0 Å². The predicted octanol–water partition coefficient (Wildman–Crippen LogP) is 11.0. The summed E-state index contributed by atoms with van der Waals surface area (Å²) in [5, 5.41) is 10.3. The Balaban J connectivity index is 4.10. The van der Waals surface area contributed by atoms with Gasteiger partial charge in [-0.25, -0.2) is 0 Å². The number of aliphatic hydroxyl groups is 1. The molecule has 0 rings (SSSR count). The zero-order valence-corrected chi connectivity index (χ0v) is 37.1. The molecular weight excluding hydrogens is 730 g/mol. The molecule has 13 heteroatoms. The molecule has 0 aromatic heterocycles. The van der Waals surface area contributed by atoms with Crippen molar-refractivity contribution in [3.63, 3.8) is 0 Å². The second kappa shape index (κ2) is 38.6. The lowest BCUT2D eigenvalue weighted by molar-refractivity contribution is -0.0260. The maximum Gasteiger partial charge on any atom is 0.331 e. The molecule has 0 aliphatic carbocycles. The molecule has 3 N–H and O–H groups in total. The van der Waals surface area contributed by atoms with Crippen LogP contribution in [-0.4, -0.2) is 98.4 Å². The van der Waals surface area contributed by atoms with Gasteiger partial charge < -0.3 is 42.9 Å². The number of unbranched alkanes of at least 4 members (excludes halogenated alkanes) is 16. The first-order valence-electron chi connectivity index (χ1n) is 22.1. The van der Waals surface area contributed by atoms with Crippen LogP contribution in [0.5, 0.6) is 0 Å². The van der Waals surface area contributed by atoms with E-state index in [9.17, 15) is 24.0 Å². The summed E-state index contributed by atoms with van der Waals surface area (Å²) in [6.07, 6.45) is 24.0. The highest BCUT2D eigenvalue weighted by Crippen LogP contribution is 2.52. The molecule has 0 fully saturated rings. The summed E-state index contributed by atoms with van der Waals surface area (Å²) in [4.78, 5) is 21.5. The van der Waals surface area contributed by atoms with Crippen molar-refractivity contribution in [3.05, 3.63) is 0 Å². The Hall–Kier alpha value is 0.1000. The Bertz CT molecular complexity index is 854. The van der Waals surface area contributed by atoms with Gasteiger partial charge in [0.25, 0.3) is 0 Å². The summed E-state index contributed by atoms with van der Waals surface area (Å²) >= 11 is 0. The van der Waals surface area contributed by atoms with Gasteiger partial charge in [0, 0.05) is 0 Å². The van der Waals surface area contributed by atoms with Crippen LogP contribution >= 0.6 is 15.2 Å². The summed E-state index contributed by atoms with van der Waals surface area (Å²) in [6.45, 7) is 10.8. The Morgan fingerprint density at radius 2 is 0.685 bits per heavy atom. The van der Waals surface area contributed by atoms with E-state index in [0.29, 0.717) is 45.9 Å². The van der Waals surface area contributed by atoms with Crippen LogP contribution in [0.1, 0.15) is 182 Å². The number of rotatable bonds is 44. The highest BCUT2D eigenvalue weighted by molar-refractivity contribution is 7.53. The lowest BCUT2D eigenvalue weighted by Crippen LogP contribution is -2.24. The third-order valence-electron chi connectivity index (χ3n) is 9.87. The average Bonchev–Trinajstić information content (AvgIpc) is 3.15. The first-order valence-corrected chi connectivity index (χ1v) is 25.4. The van der Waals surface area contributed by atoms with Crippen molar-refractivity contribution >= 4 is 15.2 Å². The van der Waals surface area contributed by atoms with E-state index in [2.05, 4.69) is 27.7 Å². The van der Waals surface area contributed by atoms with E-state index in [0.717, 1.165) is 89.9 Å². The Morgan fingerprint density at radius 1 is 0.389 bits per heavy atom. The van der Waals surface area contributed by atoms with Gasteiger partial charge in [0.15, 0.2) is 0 Å². The molecule has 0 saturated heterocycles. The first-order chi connectivity index (χ1) is 26.1. The highest BCUT2D eigenvalue weighted by Gasteiger charge is 2.33. The highest BCUT2D eigenvalue weighted by atomic mass is 31.2. The lowest BCUT2D eigenvalue weighted by Gasteiger charge is -2.24. The summed E-state index contributed by atoms with van der Waals surface area (Å²) in [6, 6.07) is 0. The molecule has 0 aromatic carbocycles. The summed E-state index contributed by atoms with van der Waals surface area (Å²) < 4.78 is 59.2. The van der Waals surface area contributed by atoms with Crippen molar-refractivity contribution < 1.29 is 52.0 Å². The van der Waals surface area contributed by atoms with E-state index in [1.165, 1.54) is 51.4 Å². The second-order valence-corrected chi connectivity index (χ2v) is 19.2. The van der Waals surface area contributed by atoms with E-state index in [-0.39, 0.29) is 44.4 Å². The molecule has 11 nitrogen and oxygen atoms in total. The molecule has 54 heavy (non-hydrogen) atoms. The summed E-state index contributed by atoms with van der Waals surface area (Å²) in [5.41, 5.74) is -0.693. The first kappa shape index (κ1) is 54.1. The normalized spacial score (nSPS) is 14.9. The Morgan fingerprint density at radius 3 is 1.04 bits per heavy atom.